The van der Waals surface area contributed by atoms with Crippen LogP contribution in [0, 0.1) is 0 Å². The summed E-state index contributed by atoms with van der Waals surface area (Å²) in [6.45, 7) is 5.39. The molecule has 3 N–H and O–H groups in total. The van der Waals surface area contributed by atoms with E-state index in [2.05, 4.69) is 50.4 Å². The number of carbonyl (C=O) groups excluding carboxylic acids is 1. The van der Waals surface area contributed by atoms with E-state index in [1.807, 2.05) is 30.3 Å². The number of nitrogens with zero attached hydrogens (tertiary/aromatic N) is 3. The molecule has 1 saturated heterocycles. The van der Waals surface area contributed by atoms with E-state index in [0.717, 1.165) is 62.2 Å². The minimum Gasteiger partial charge on any atom is -0.478 e. The Balaban J connectivity index is 0.000000414. The Kier molecular flexibility index (Phi) is 10.6. The number of piperazine rings is 1. The molecule has 0 unspecified atom stereocenters. The van der Waals surface area contributed by atoms with Crippen molar-refractivity contribution in [2.24, 2.45) is 0 Å². The molecule has 9 nitrogen and oxygen atoms in total. The molecule has 1 aromatic heterocycles. The van der Waals surface area contributed by atoms with E-state index in [1.54, 1.807) is 6.20 Å². The molecule has 4 rings (SSSR count). The number of carboxylic acids is 2. The second kappa shape index (κ2) is 14.4. The molecule has 0 aliphatic carbocycles. The van der Waals surface area contributed by atoms with Crippen molar-refractivity contribution in [3.05, 3.63) is 79.0 Å². The predicted molar refractivity (Wildman–Crippen MR) is 144 cm³/mol. The van der Waals surface area contributed by atoms with Crippen LogP contribution in [0.5, 0.6) is 0 Å². The van der Waals surface area contributed by atoms with Gasteiger partial charge in [0.1, 0.15) is 0 Å². The zero-order valence-electron chi connectivity index (χ0n) is 20.6. The number of aliphatic carboxylic acids is 2. The van der Waals surface area contributed by atoms with Gasteiger partial charge in [0, 0.05) is 67.7 Å². The Morgan fingerprint density at radius 3 is 2.24 bits per heavy atom. The van der Waals surface area contributed by atoms with Crippen LogP contribution < -0.4 is 10.2 Å². The Hall–Kier alpha value is -4.24. The molecule has 3 aromatic rings. The van der Waals surface area contributed by atoms with Crippen LogP contribution in [0.1, 0.15) is 19.3 Å². The second-order valence-electron chi connectivity index (χ2n) is 8.59. The van der Waals surface area contributed by atoms with Crippen molar-refractivity contribution in [3.63, 3.8) is 0 Å². The molecule has 1 amide bonds. The van der Waals surface area contributed by atoms with E-state index in [-0.39, 0.29) is 5.91 Å². The van der Waals surface area contributed by atoms with Crippen molar-refractivity contribution in [2.45, 2.75) is 19.3 Å². The number of pyridine rings is 1. The molecule has 194 valence electrons. The zero-order valence-corrected chi connectivity index (χ0v) is 20.6. The van der Waals surface area contributed by atoms with Crippen LogP contribution in [0.4, 0.5) is 11.4 Å². The van der Waals surface area contributed by atoms with E-state index in [4.69, 9.17) is 10.2 Å². The topological polar surface area (TPSA) is 123 Å². The summed E-state index contributed by atoms with van der Waals surface area (Å²) in [5.41, 5.74) is 3.10. The lowest BCUT2D eigenvalue weighted by Gasteiger charge is -2.36. The standard InChI is InChI=1S/C24H28N4O.C4H4O4/c29-24(26-21-11-12-23-20(19-21)7-6-13-25-23)10-4-5-14-27-15-17-28(18-16-27)22-8-2-1-3-9-22;5-3(6)1-2-4(7)8/h1-3,6-9,11-13,19H,4-5,10,14-18H2,(H,26,29);1-2H,(H,5,6)(H,7,8)/b;2-1+. The number of hydrogen-bond donors (Lipinski definition) is 3. The van der Waals surface area contributed by atoms with Crippen molar-refractivity contribution in [2.75, 3.05) is 42.9 Å². The number of carbonyl (C=O) groups is 3. The highest BCUT2D eigenvalue weighted by Gasteiger charge is 2.16. The molecule has 37 heavy (non-hydrogen) atoms. The van der Waals surface area contributed by atoms with Gasteiger partial charge in [0.15, 0.2) is 0 Å². The molecule has 2 heterocycles. The number of nitrogens with one attached hydrogen (secondary N) is 1. The van der Waals surface area contributed by atoms with Crippen molar-refractivity contribution in [1.29, 1.82) is 0 Å². The van der Waals surface area contributed by atoms with Crippen LogP contribution >= 0.6 is 0 Å². The largest absolute Gasteiger partial charge is 0.478 e. The van der Waals surface area contributed by atoms with Crippen molar-refractivity contribution in [1.82, 2.24) is 9.88 Å². The lowest BCUT2D eigenvalue weighted by atomic mass is 10.1. The summed E-state index contributed by atoms with van der Waals surface area (Å²) < 4.78 is 0. The summed E-state index contributed by atoms with van der Waals surface area (Å²) in [7, 11) is 0. The highest BCUT2D eigenvalue weighted by atomic mass is 16.4. The number of fused-ring (bicyclic) bond motifs is 1. The molecular formula is C28H32N4O5. The molecule has 1 fully saturated rings. The van der Waals surface area contributed by atoms with E-state index < -0.39 is 11.9 Å². The number of anilines is 2. The number of aromatic nitrogens is 1. The maximum Gasteiger partial charge on any atom is 0.328 e. The van der Waals surface area contributed by atoms with Gasteiger partial charge < -0.3 is 20.4 Å². The quantitative estimate of drug-likeness (QED) is 0.296. The summed E-state index contributed by atoms with van der Waals surface area (Å²) in [4.78, 5) is 40.6. The number of para-hydroxylation sites is 1. The van der Waals surface area contributed by atoms with Crippen LogP contribution in [0.25, 0.3) is 10.9 Å². The van der Waals surface area contributed by atoms with Crippen LogP contribution in [0.2, 0.25) is 0 Å². The molecule has 0 spiro atoms. The van der Waals surface area contributed by atoms with E-state index in [1.165, 1.54) is 5.69 Å². The first-order valence-corrected chi connectivity index (χ1v) is 12.2. The molecule has 0 saturated carbocycles. The van der Waals surface area contributed by atoms with E-state index in [9.17, 15) is 14.4 Å². The van der Waals surface area contributed by atoms with Gasteiger partial charge in [-0.2, -0.15) is 0 Å². The highest BCUT2D eigenvalue weighted by Crippen LogP contribution is 2.18. The van der Waals surface area contributed by atoms with Gasteiger partial charge in [0.2, 0.25) is 5.91 Å². The van der Waals surface area contributed by atoms with E-state index >= 15 is 0 Å². The molecule has 9 heteroatoms. The van der Waals surface area contributed by atoms with Crippen LogP contribution in [0.15, 0.2) is 79.0 Å². The Bertz CT molecular complexity index is 1190. The van der Waals surface area contributed by atoms with Crippen molar-refractivity contribution >= 4 is 40.1 Å². The fourth-order valence-corrected chi connectivity index (χ4v) is 4.01. The summed E-state index contributed by atoms with van der Waals surface area (Å²) >= 11 is 0. The van der Waals surface area contributed by atoms with Gasteiger partial charge in [-0.25, -0.2) is 9.59 Å². The Morgan fingerprint density at radius 2 is 1.57 bits per heavy atom. The number of rotatable bonds is 9. The maximum atomic E-state index is 12.3. The molecule has 0 radical (unpaired) electrons. The molecular weight excluding hydrogens is 472 g/mol. The van der Waals surface area contributed by atoms with Gasteiger partial charge >= 0.3 is 11.9 Å². The minimum absolute atomic E-state index is 0.0853. The fourth-order valence-electron chi connectivity index (χ4n) is 4.01. The smallest absolute Gasteiger partial charge is 0.328 e. The number of hydrogen-bond acceptors (Lipinski definition) is 6. The molecule has 0 bridgehead atoms. The maximum absolute atomic E-state index is 12.3. The molecule has 1 aliphatic rings. The van der Waals surface area contributed by atoms with Gasteiger partial charge in [-0.1, -0.05) is 24.3 Å². The van der Waals surface area contributed by atoms with Gasteiger partial charge in [0.05, 0.1) is 5.52 Å². The second-order valence-corrected chi connectivity index (χ2v) is 8.59. The van der Waals surface area contributed by atoms with Gasteiger partial charge in [-0.3, -0.25) is 14.7 Å². The normalized spacial score (nSPS) is 13.7. The Labute approximate surface area is 216 Å². The number of benzene rings is 2. The SMILES string of the molecule is O=C(CCCCN1CCN(c2ccccc2)CC1)Nc1ccc2ncccc2c1.O=C(O)/C=C/C(=O)O. The lowest BCUT2D eigenvalue weighted by molar-refractivity contribution is -0.134. The fraction of sp³-hybridized carbons (Fsp3) is 0.286. The first kappa shape index (κ1) is 27.3. The van der Waals surface area contributed by atoms with Crippen LogP contribution in [0.3, 0.4) is 0 Å². The molecule has 2 aromatic carbocycles. The highest BCUT2D eigenvalue weighted by molar-refractivity contribution is 5.93. The average molecular weight is 505 g/mol. The average Bonchev–Trinajstić information content (AvgIpc) is 2.91. The van der Waals surface area contributed by atoms with Gasteiger partial charge in [0.25, 0.3) is 0 Å². The van der Waals surface area contributed by atoms with Gasteiger partial charge in [-0.05, 0) is 55.8 Å². The first-order chi connectivity index (χ1) is 17.9. The summed E-state index contributed by atoms with van der Waals surface area (Å²) in [5.74, 6) is -2.43. The van der Waals surface area contributed by atoms with Crippen LogP contribution in [-0.4, -0.2) is 70.7 Å². The molecule has 0 atom stereocenters. The number of unbranched alkanes of at least 4 members (excludes halogenated alkanes) is 1. The monoisotopic (exact) mass is 504 g/mol. The van der Waals surface area contributed by atoms with Crippen molar-refractivity contribution in [3.8, 4) is 0 Å². The third-order valence-corrected chi connectivity index (χ3v) is 5.88. The summed E-state index contributed by atoms with van der Waals surface area (Å²) in [5, 5.41) is 19.7. The molecule has 1 aliphatic heterocycles. The Morgan fingerprint density at radius 1 is 0.865 bits per heavy atom. The van der Waals surface area contributed by atoms with Crippen LogP contribution in [-0.2, 0) is 14.4 Å². The van der Waals surface area contributed by atoms with E-state index in [0.29, 0.717) is 18.6 Å². The summed E-state index contributed by atoms with van der Waals surface area (Å²) in [6.07, 6.45) is 5.43. The third kappa shape index (κ3) is 9.73. The minimum atomic E-state index is -1.26. The summed E-state index contributed by atoms with van der Waals surface area (Å²) in [6, 6.07) is 20.4. The number of carboxylic acid groups (broad SMARTS) is 2. The number of amides is 1. The first-order valence-electron chi connectivity index (χ1n) is 12.2. The lowest BCUT2D eigenvalue weighted by Crippen LogP contribution is -2.46. The zero-order chi connectivity index (χ0) is 26.5. The van der Waals surface area contributed by atoms with Gasteiger partial charge in [-0.15, -0.1) is 0 Å². The van der Waals surface area contributed by atoms with Crippen molar-refractivity contribution < 1.29 is 24.6 Å². The predicted octanol–water partition coefficient (Wildman–Crippen LogP) is 3.88. The third-order valence-electron chi connectivity index (χ3n) is 5.88.